The van der Waals surface area contributed by atoms with Crippen molar-refractivity contribution in [2.24, 2.45) is 0 Å². The summed E-state index contributed by atoms with van der Waals surface area (Å²) in [4.78, 5) is 18.0. The first-order valence-electron chi connectivity index (χ1n) is 4.94. The maximum Gasteiger partial charge on any atom is 0.322 e. The van der Waals surface area contributed by atoms with Gasteiger partial charge in [-0.3, -0.25) is 9.69 Å². The molecule has 0 aliphatic carbocycles. The van der Waals surface area contributed by atoms with Crippen LogP contribution >= 0.6 is 22.9 Å². The van der Waals surface area contributed by atoms with Crippen molar-refractivity contribution in [1.82, 2.24) is 15.2 Å². The van der Waals surface area contributed by atoms with E-state index < -0.39 is 12.0 Å². The number of carbonyl (C=O) groups is 1. The Kier molecular flexibility index (Phi) is 3.75. The Morgan fingerprint density at radius 2 is 2.62 bits per heavy atom. The predicted octanol–water partition coefficient (Wildman–Crippen LogP) is 0.655. The van der Waals surface area contributed by atoms with Crippen LogP contribution in [0.3, 0.4) is 0 Å². The highest BCUT2D eigenvalue weighted by Gasteiger charge is 2.24. The zero-order valence-corrected chi connectivity index (χ0v) is 10.1. The van der Waals surface area contributed by atoms with Crippen molar-refractivity contribution in [2.45, 2.75) is 12.6 Å². The van der Waals surface area contributed by atoms with E-state index in [1.165, 1.54) is 11.3 Å². The summed E-state index contributed by atoms with van der Waals surface area (Å²) in [6.07, 6.45) is 1.74. The molecule has 2 heterocycles. The van der Waals surface area contributed by atoms with Crippen LogP contribution < -0.4 is 5.32 Å². The molecule has 2 rings (SSSR count). The molecule has 1 aliphatic heterocycles. The SMILES string of the molecule is O=C(O)[C@@H]1CN(Cc2cnc(Cl)s2)CCN1. The number of nitrogens with one attached hydrogen (secondary N) is 1. The van der Waals surface area contributed by atoms with Gasteiger partial charge in [-0.05, 0) is 0 Å². The molecule has 0 spiro atoms. The van der Waals surface area contributed by atoms with Crippen molar-refractivity contribution in [3.05, 3.63) is 15.5 Å². The zero-order valence-electron chi connectivity index (χ0n) is 8.52. The molecule has 88 valence electrons. The van der Waals surface area contributed by atoms with E-state index in [4.69, 9.17) is 16.7 Å². The normalized spacial score (nSPS) is 22.2. The van der Waals surface area contributed by atoms with Crippen molar-refractivity contribution in [3.63, 3.8) is 0 Å². The minimum absolute atomic E-state index is 0.475. The summed E-state index contributed by atoms with van der Waals surface area (Å²) in [7, 11) is 0. The Morgan fingerprint density at radius 1 is 1.81 bits per heavy atom. The molecule has 1 aliphatic rings. The first-order chi connectivity index (χ1) is 7.65. The van der Waals surface area contributed by atoms with E-state index in [1.807, 2.05) is 0 Å². The maximum absolute atomic E-state index is 10.8. The lowest BCUT2D eigenvalue weighted by Crippen LogP contribution is -2.53. The van der Waals surface area contributed by atoms with Crippen LogP contribution in [0.2, 0.25) is 4.47 Å². The highest BCUT2D eigenvalue weighted by molar-refractivity contribution is 7.15. The molecule has 0 radical (unpaired) electrons. The van der Waals surface area contributed by atoms with Gasteiger partial charge in [0.15, 0.2) is 4.47 Å². The number of piperazine rings is 1. The highest BCUT2D eigenvalue weighted by Crippen LogP contribution is 2.19. The third-order valence-electron chi connectivity index (χ3n) is 2.46. The fraction of sp³-hybridized carbons (Fsp3) is 0.556. The number of aromatic nitrogens is 1. The van der Waals surface area contributed by atoms with Crippen LogP contribution in [0.25, 0.3) is 0 Å². The summed E-state index contributed by atoms with van der Waals surface area (Å²) in [5.74, 6) is -0.799. The molecule has 0 saturated carbocycles. The summed E-state index contributed by atoms with van der Waals surface area (Å²) in [5, 5.41) is 11.9. The molecule has 0 aromatic carbocycles. The smallest absolute Gasteiger partial charge is 0.322 e. The Hall–Kier alpha value is -0.690. The van der Waals surface area contributed by atoms with Crippen LogP contribution in [0.4, 0.5) is 0 Å². The number of nitrogens with zero attached hydrogens (tertiary/aromatic N) is 2. The lowest BCUT2D eigenvalue weighted by molar-refractivity contribution is -0.140. The Morgan fingerprint density at radius 3 is 3.25 bits per heavy atom. The average Bonchev–Trinajstić information content (AvgIpc) is 2.64. The standard InChI is InChI=1S/C9H12ClN3O2S/c10-9-12-3-6(16-9)4-13-2-1-11-7(5-13)8(14)15/h3,7,11H,1-2,4-5H2,(H,14,15)/t7-/m0/s1. The zero-order chi connectivity index (χ0) is 11.5. The summed E-state index contributed by atoms with van der Waals surface area (Å²) in [6, 6.07) is -0.475. The molecule has 1 fully saturated rings. The largest absolute Gasteiger partial charge is 0.480 e. The topological polar surface area (TPSA) is 65.5 Å². The first kappa shape index (κ1) is 11.8. The lowest BCUT2D eigenvalue weighted by atomic mass is 10.2. The second-order valence-corrected chi connectivity index (χ2v) is 5.36. The number of carboxylic acids is 1. The third-order valence-corrected chi connectivity index (χ3v) is 3.56. The number of rotatable bonds is 3. The van der Waals surface area contributed by atoms with E-state index in [-0.39, 0.29) is 0 Å². The molecule has 1 atom stereocenters. The molecule has 1 aromatic rings. The van der Waals surface area contributed by atoms with Gasteiger partial charge in [-0.25, -0.2) is 4.98 Å². The molecule has 0 unspecified atom stereocenters. The molecule has 7 heteroatoms. The number of carboxylic acid groups (broad SMARTS) is 1. The van der Waals surface area contributed by atoms with E-state index in [2.05, 4.69) is 15.2 Å². The van der Waals surface area contributed by atoms with E-state index >= 15 is 0 Å². The Bertz CT molecular complexity index is 385. The lowest BCUT2D eigenvalue weighted by Gasteiger charge is -2.30. The number of halogens is 1. The van der Waals surface area contributed by atoms with E-state index in [0.29, 0.717) is 17.6 Å². The van der Waals surface area contributed by atoms with Crippen LogP contribution in [0.15, 0.2) is 6.20 Å². The molecule has 2 N–H and O–H groups in total. The predicted molar refractivity (Wildman–Crippen MR) is 61.8 cm³/mol. The molecule has 16 heavy (non-hydrogen) atoms. The van der Waals surface area contributed by atoms with Crippen LogP contribution in [-0.4, -0.2) is 46.6 Å². The van der Waals surface area contributed by atoms with Crippen LogP contribution in [0.1, 0.15) is 4.88 Å². The molecular formula is C9H12ClN3O2S. The average molecular weight is 262 g/mol. The van der Waals surface area contributed by atoms with Crippen LogP contribution in [-0.2, 0) is 11.3 Å². The fourth-order valence-corrected chi connectivity index (χ4v) is 2.72. The van der Waals surface area contributed by atoms with Gasteiger partial charge in [-0.15, -0.1) is 11.3 Å². The van der Waals surface area contributed by atoms with Crippen molar-refractivity contribution < 1.29 is 9.90 Å². The fourth-order valence-electron chi connectivity index (χ4n) is 1.70. The van der Waals surface area contributed by atoms with Gasteiger partial charge in [0, 0.05) is 37.3 Å². The summed E-state index contributed by atoms with van der Waals surface area (Å²) in [5.41, 5.74) is 0. The summed E-state index contributed by atoms with van der Waals surface area (Å²) in [6.45, 7) is 2.78. The first-order valence-corrected chi connectivity index (χ1v) is 6.13. The van der Waals surface area contributed by atoms with Gasteiger partial charge in [0.25, 0.3) is 0 Å². The van der Waals surface area contributed by atoms with Gasteiger partial charge < -0.3 is 10.4 Å². The van der Waals surface area contributed by atoms with E-state index in [1.54, 1.807) is 6.20 Å². The van der Waals surface area contributed by atoms with Crippen LogP contribution in [0, 0.1) is 0 Å². The highest BCUT2D eigenvalue weighted by atomic mass is 35.5. The van der Waals surface area contributed by atoms with Gasteiger partial charge >= 0.3 is 5.97 Å². The summed E-state index contributed by atoms with van der Waals surface area (Å²) >= 11 is 7.18. The molecule has 1 saturated heterocycles. The number of aliphatic carboxylic acids is 1. The number of hydrogen-bond donors (Lipinski definition) is 2. The van der Waals surface area contributed by atoms with Crippen molar-refractivity contribution in [2.75, 3.05) is 19.6 Å². The van der Waals surface area contributed by atoms with Crippen molar-refractivity contribution in [1.29, 1.82) is 0 Å². The molecule has 1 aromatic heterocycles. The molecular weight excluding hydrogens is 250 g/mol. The minimum Gasteiger partial charge on any atom is -0.480 e. The quantitative estimate of drug-likeness (QED) is 0.837. The van der Waals surface area contributed by atoms with Gasteiger partial charge in [0.05, 0.1) is 0 Å². The second-order valence-electron chi connectivity index (χ2n) is 3.66. The summed E-state index contributed by atoms with van der Waals surface area (Å²) < 4.78 is 0.528. The van der Waals surface area contributed by atoms with Gasteiger partial charge in [0.1, 0.15) is 6.04 Å². The van der Waals surface area contributed by atoms with E-state index in [0.717, 1.165) is 18.0 Å². The molecule has 0 amide bonds. The Labute approximate surface area is 102 Å². The van der Waals surface area contributed by atoms with Gasteiger partial charge in [-0.2, -0.15) is 0 Å². The third kappa shape index (κ3) is 2.91. The van der Waals surface area contributed by atoms with E-state index in [9.17, 15) is 4.79 Å². The van der Waals surface area contributed by atoms with Gasteiger partial charge in [0.2, 0.25) is 0 Å². The van der Waals surface area contributed by atoms with Gasteiger partial charge in [-0.1, -0.05) is 11.6 Å². The Balaban J connectivity index is 1.92. The molecule has 5 nitrogen and oxygen atoms in total. The monoisotopic (exact) mass is 261 g/mol. The second kappa shape index (κ2) is 5.09. The van der Waals surface area contributed by atoms with Crippen LogP contribution in [0.5, 0.6) is 0 Å². The number of thiazole rings is 1. The van der Waals surface area contributed by atoms with Crippen molar-refractivity contribution >= 4 is 28.9 Å². The molecule has 0 bridgehead atoms. The number of hydrogen-bond acceptors (Lipinski definition) is 5. The van der Waals surface area contributed by atoms with Crippen molar-refractivity contribution in [3.8, 4) is 0 Å². The minimum atomic E-state index is -0.799. The maximum atomic E-state index is 10.8.